The number of rotatable bonds is 9. The summed E-state index contributed by atoms with van der Waals surface area (Å²) in [5, 5.41) is 3.30. The van der Waals surface area contributed by atoms with E-state index >= 15 is 0 Å². The van der Waals surface area contributed by atoms with Crippen LogP contribution < -0.4 is 5.32 Å². The van der Waals surface area contributed by atoms with E-state index in [0.717, 1.165) is 12.8 Å². The number of esters is 1. The van der Waals surface area contributed by atoms with E-state index in [9.17, 15) is 18.4 Å². The van der Waals surface area contributed by atoms with Crippen LogP contribution in [0, 0.1) is 11.6 Å². The number of unbranched alkanes of at least 4 members (excludes halogenated alkanes) is 1. The molecule has 0 atom stereocenters. The zero-order valence-corrected chi connectivity index (χ0v) is 20.8. The van der Waals surface area contributed by atoms with Crippen molar-refractivity contribution in [1.29, 1.82) is 0 Å². The number of hydrogen-bond acceptors (Lipinski definition) is 4. The van der Waals surface area contributed by atoms with Crippen LogP contribution in [0.4, 0.5) is 8.78 Å². The number of nitrogens with one attached hydrogen (secondary N) is 1. The molecule has 3 aromatic carbocycles. The second-order valence-electron chi connectivity index (χ2n) is 8.72. The van der Waals surface area contributed by atoms with E-state index in [4.69, 9.17) is 9.72 Å². The Morgan fingerprint density at radius 3 is 2.41 bits per heavy atom. The van der Waals surface area contributed by atoms with Gasteiger partial charge in [-0.3, -0.25) is 9.59 Å². The van der Waals surface area contributed by atoms with Crippen molar-refractivity contribution >= 4 is 22.8 Å². The molecule has 5 nitrogen and oxygen atoms in total. The molecule has 1 N–H and O–H groups in total. The molecule has 0 bridgehead atoms. The lowest BCUT2D eigenvalue weighted by molar-refractivity contribution is -0.140. The molecule has 7 heteroatoms. The average molecular weight is 503 g/mol. The first-order valence-electron chi connectivity index (χ1n) is 12.3. The minimum Gasteiger partial charge on any atom is -0.469 e. The van der Waals surface area contributed by atoms with Crippen LogP contribution in [-0.4, -0.2) is 30.5 Å². The molecule has 0 radical (unpaired) electrons. The number of nitrogens with zero attached hydrogens (tertiary/aromatic N) is 1. The van der Waals surface area contributed by atoms with Gasteiger partial charge in [-0.25, -0.2) is 13.8 Å². The molecular formula is C30H28F2N2O3. The Hall–Kier alpha value is -4.13. The molecule has 4 rings (SSSR count). The van der Waals surface area contributed by atoms with E-state index in [-0.39, 0.29) is 30.1 Å². The maximum atomic E-state index is 14.3. The van der Waals surface area contributed by atoms with Gasteiger partial charge in [-0.15, -0.1) is 0 Å². The lowest BCUT2D eigenvalue weighted by atomic mass is 9.92. The average Bonchev–Trinajstić information content (AvgIpc) is 2.91. The zero-order valence-electron chi connectivity index (χ0n) is 20.8. The second kappa shape index (κ2) is 11.7. The molecule has 1 aromatic heterocycles. The first-order chi connectivity index (χ1) is 17.9. The van der Waals surface area contributed by atoms with Gasteiger partial charge in [-0.05, 0) is 48.2 Å². The number of fused-ring (bicyclic) bond motifs is 1. The van der Waals surface area contributed by atoms with Gasteiger partial charge < -0.3 is 10.1 Å². The van der Waals surface area contributed by atoms with Crippen molar-refractivity contribution in [2.24, 2.45) is 0 Å². The summed E-state index contributed by atoms with van der Waals surface area (Å²) in [6, 6.07) is 17.8. The fourth-order valence-electron chi connectivity index (χ4n) is 4.32. The van der Waals surface area contributed by atoms with Gasteiger partial charge in [0, 0.05) is 29.5 Å². The van der Waals surface area contributed by atoms with Gasteiger partial charge in [-0.2, -0.15) is 0 Å². The third-order valence-electron chi connectivity index (χ3n) is 6.24. The highest BCUT2D eigenvalue weighted by atomic mass is 19.1. The van der Waals surface area contributed by atoms with Gasteiger partial charge in [0.05, 0.1) is 23.9 Å². The van der Waals surface area contributed by atoms with Gasteiger partial charge >= 0.3 is 5.97 Å². The van der Waals surface area contributed by atoms with Gasteiger partial charge in [0.15, 0.2) is 0 Å². The number of halogens is 2. The number of amides is 1. The maximum Gasteiger partial charge on any atom is 0.305 e. The van der Waals surface area contributed by atoms with Crippen molar-refractivity contribution in [1.82, 2.24) is 10.3 Å². The molecule has 0 aliphatic rings. The van der Waals surface area contributed by atoms with Crippen LogP contribution in [0.3, 0.4) is 0 Å². The molecule has 4 aromatic rings. The summed E-state index contributed by atoms with van der Waals surface area (Å²) in [4.78, 5) is 30.2. The fraction of sp³-hybridized carbons (Fsp3) is 0.233. The normalized spacial score (nSPS) is 10.9. The van der Waals surface area contributed by atoms with Crippen molar-refractivity contribution in [3.63, 3.8) is 0 Å². The number of pyridine rings is 1. The first-order valence-corrected chi connectivity index (χ1v) is 12.3. The Labute approximate surface area is 214 Å². The van der Waals surface area contributed by atoms with Gasteiger partial charge in [-0.1, -0.05) is 55.8 Å². The quantitative estimate of drug-likeness (QED) is 0.210. The molecule has 0 aliphatic heterocycles. The SMILES string of the molecule is CCCCNC(=O)c1c(CCC(=O)OC)c(-c2ccc(-c3ccccc3F)cc2)nc2ccc(F)cc12. The molecule has 0 spiro atoms. The van der Waals surface area contributed by atoms with E-state index in [0.29, 0.717) is 45.4 Å². The van der Waals surface area contributed by atoms with Crippen molar-refractivity contribution in [3.8, 4) is 22.4 Å². The van der Waals surface area contributed by atoms with Crippen LogP contribution in [0.5, 0.6) is 0 Å². The number of benzene rings is 3. The summed E-state index contributed by atoms with van der Waals surface area (Å²) >= 11 is 0. The standard InChI is InChI=1S/C30H28F2N2O3/c1-3-4-17-33-30(36)28-23(14-16-27(35)37-2)29(34-26-15-13-21(31)18-24(26)28)20-11-9-19(10-12-20)22-7-5-6-8-25(22)32/h5-13,15,18H,3-4,14,16-17H2,1-2H3,(H,33,36). The highest BCUT2D eigenvalue weighted by molar-refractivity contribution is 6.09. The number of carbonyl (C=O) groups is 2. The summed E-state index contributed by atoms with van der Waals surface area (Å²) in [6.45, 7) is 2.49. The van der Waals surface area contributed by atoms with Crippen molar-refractivity contribution < 1.29 is 23.1 Å². The second-order valence-corrected chi connectivity index (χ2v) is 8.72. The molecule has 1 amide bonds. The fourth-order valence-corrected chi connectivity index (χ4v) is 4.32. The third kappa shape index (κ3) is 5.82. The monoisotopic (exact) mass is 502 g/mol. The van der Waals surface area contributed by atoms with Crippen LogP contribution in [-0.2, 0) is 16.0 Å². The Balaban J connectivity index is 1.88. The Bertz CT molecular complexity index is 1440. The molecule has 190 valence electrons. The summed E-state index contributed by atoms with van der Waals surface area (Å²) in [6.07, 6.45) is 1.90. The number of carbonyl (C=O) groups excluding carboxylic acids is 2. The molecule has 0 saturated carbocycles. The van der Waals surface area contributed by atoms with Crippen LogP contribution in [0.15, 0.2) is 66.7 Å². The lowest BCUT2D eigenvalue weighted by Gasteiger charge is -2.18. The Morgan fingerprint density at radius 2 is 1.70 bits per heavy atom. The zero-order chi connectivity index (χ0) is 26.4. The lowest BCUT2D eigenvalue weighted by Crippen LogP contribution is -2.26. The minimum absolute atomic E-state index is 0.0224. The van der Waals surface area contributed by atoms with Crippen molar-refractivity contribution in [2.75, 3.05) is 13.7 Å². The van der Waals surface area contributed by atoms with Crippen LogP contribution >= 0.6 is 0 Å². The van der Waals surface area contributed by atoms with Gasteiger partial charge in [0.1, 0.15) is 11.6 Å². The number of ether oxygens (including phenoxy) is 1. The third-order valence-corrected chi connectivity index (χ3v) is 6.24. The van der Waals surface area contributed by atoms with Crippen LogP contribution in [0.2, 0.25) is 0 Å². The number of hydrogen-bond donors (Lipinski definition) is 1. The topological polar surface area (TPSA) is 68.3 Å². The van der Waals surface area contributed by atoms with Crippen LogP contribution in [0.25, 0.3) is 33.3 Å². The Kier molecular flexibility index (Phi) is 8.23. The van der Waals surface area contributed by atoms with E-state index in [1.54, 1.807) is 42.5 Å². The molecular weight excluding hydrogens is 474 g/mol. The molecule has 37 heavy (non-hydrogen) atoms. The summed E-state index contributed by atoms with van der Waals surface area (Å²) in [5.41, 5.74) is 3.62. The van der Waals surface area contributed by atoms with E-state index in [1.165, 1.54) is 31.4 Å². The van der Waals surface area contributed by atoms with E-state index < -0.39 is 11.8 Å². The minimum atomic E-state index is -0.488. The van der Waals surface area contributed by atoms with Crippen molar-refractivity contribution in [2.45, 2.75) is 32.6 Å². The summed E-state index contributed by atoms with van der Waals surface area (Å²) in [7, 11) is 1.30. The smallest absolute Gasteiger partial charge is 0.305 e. The summed E-state index contributed by atoms with van der Waals surface area (Å²) < 4.78 is 33.4. The van der Waals surface area contributed by atoms with E-state index in [1.807, 2.05) is 6.92 Å². The maximum absolute atomic E-state index is 14.3. The molecule has 0 saturated heterocycles. The number of methoxy groups -OCH3 is 1. The highest BCUT2D eigenvalue weighted by Gasteiger charge is 2.23. The molecule has 0 aliphatic carbocycles. The predicted molar refractivity (Wildman–Crippen MR) is 140 cm³/mol. The van der Waals surface area contributed by atoms with Gasteiger partial charge in [0.25, 0.3) is 5.91 Å². The number of aromatic nitrogens is 1. The van der Waals surface area contributed by atoms with Crippen LogP contribution in [0.1, 0.15) is 42.1 Å². The largest absolute Gasteiger partial charge is 0.469 e. The van der Waals surface area contributed by atoms with Crippen molar-refractivity contribution in [3.05, 3.63) is 89.5 Å². The molecule has 0 fully saturated rings. The first kappa shape index (κ1) is 25.9. The van der Waals surface area contributed by atoms with E-state index in [2.05, 4.69) is 5.32 Å². The predicted octanol–water partition coefficient (Wildman–Crippen LogP) is 6.48. The Morgan fingerprint density at radius 1 is 0.973 bits per heavy atom. The van der Waals surface area contributed by atoms with Gasteiger partial charge in [0.2, 0.25) is 0 Å². The highest BCUT2D eigenvalue weighted by Crippen LogP contribution is 2.33. The summed E-state index contributed by atoms with van der Waals surface area (Å²) in [5.74, 6) is -1.60. The molecule has 1 heterocycles. The molecule has 0 unspecified atom stereocenters.